The van der Waals surface area contributed by atoms with Gasteiger partial charge in [0.25, 0.3) is 5.91 Å². The predicted octanol–water partition coefficient (Wildman–Crippen LogP) is 5.40. The summed E-state index contributed by atoms with van der Waals surface area (Å²) < 4.78 is 15.4. The molecule has 0 radical (unpaired) electrons. The van der Waals surface area contributed by atoms with Crippen LogP contribution in [-0.2, 0) is 17.8 Å². The zero-order chi connectivity index (χ0) is 23.2. The van der Waals surface area contributed by atoms with E-state index in [0.717, 1.165) is 33.3 Å². The number of hydrogen-bond donors (Lipinski definition) is 1. The molecule has 0 bridgehead atoms. The Morgan fingerprint density at radius 1 is 1.00 bits per heavy atom. The van der Waals surface area contributed by atoms with Gasteiger partial charge in [0.1, 0.15) is 17.5 Å². The van der Waals surface area contributed by atoms with Gasteiger partial charge in [0, 0.05) is 35.2 Å². The smallest absolute Gasteiger partial charge is 0.261 e. The molecule has 4 nitrogen and oxygen atoms in total. The molecule has 0 aliphatic carbocycles. The van der Waals surface area contributed by atoms with E-state index in [4.69, 9.17) is 0 Å². The lowest BCUT2D eigenvalue weighted by Gasteiger charge is -2.09. The van der Waals surface area contributed by atoms with Crippen LogP contribution in [-0.4, -0.2) is 17.0 Å². The van der Waals surface area contributed by atoms with Gasteiger partial charge in [-0.05, 0) is 48.7 Å². The number of nitrogens with zero attached hydrogens (tertiary/aromatic N) is 2. The highest BCUT2D eigenvalue weighted by Crippen LogP contribution is 2.29. The van der Waals surface area contributed by atoms with Gasteiger partial charge in [0.15, 0.2) is 0 Å². The number of carbonyl (C=O) groups is 1. The van der Waals surface area contributed by atoms with Crippen LogP contribution in [0.2, 0.25) is 0 Å². The highest BCUT2D eigenvalue weighted by atomic mass is 19.1. The summed E-state index contributed by atoms with van der Waals surface area (Å²) in [5, 5.41) is 13.5. The van der Waals surface area contributed by atoms with E-state index < -0.39 is 0 Å². The van der Waals surface area contributed by atoms with Gasteiger partial charge >= 0.3 is 0 Å². The standard InChI is InChI=1S/C28H24FN3O/c1-20-26(17-23(18-30)28(33)31-16-15-21-7-3-2-4-8-21)25-9-5-6-10-27(25)32(20)19-22-11-13-24(29)14-12-22/h2-14,17H,15-16,19H2,1H3,(H,31,33)/b23-17+. The fraction of sp³-hybridized carbons (Fsp3) is 0.143. The normalized spacial score (nSPS) is 11.4. The highest BCUT2D eigenvalue weighted by Gasteiger charge is 2.16. The van der Waals surface area contributed by atoms with E-state index in [1.54, 1.807) is 18.2 Å². The Morgan fingerprint density at radius 2 is 1.70 bits per heavy atom. The lowest BCUT2D eigenvalue weighted by molar-refractivity contribution is -0.117. The maximum atomic E-state index is 13.3. The molecule has 3 aromatic carbocycles. The van der Waals surface area contributed by atoms with Crippen molar-refractivity contribution in [2.45, 2.75) is 19.9 Å². The number of carbonyl (C=O) groups excluding carboxylic acids is 1. The molecule has 0 saturated carbocycles. The van der Waals surface area contributed by atoms with E-state index in [2.05, 4.69) is 16.0 Å². The average Bonchev–Trinajstić information content (AvgIpc) is 3.10. The molecule has 164 valence electrons. The molecule has 5 heteroatoms. The minimum Gasteiger partial charge on any atom is -0.351 e. The summed E-state index contributed by atoms with van der Waals surface area (Å²) in [6, 6.07) is 26.3. The molecular formula is C28H24FN3O. The van der Waals surface area contributed by atoms with Crippen molar-refractivity contribution in [1.82, 2.24) is 9.88 Å². The minimum absolute atomic E-state index is 0.0656. The van der Waals surface area contributed by atoms with Gasteiger partial charge in [-0.15, -0.1) is 0 Å². The SMILES string of the molecule is Cc1c(/C=C(\C#N)C(=O)NCCc2ccccc2)c2ccccc2n1Cc1ccc(F)cc1. The second kappa shape index (κ2) is 9.97. The lowest BCUT2D eigenvalue weighted by Crippen LogP contribution is -2.26. The minimum atomic E-state index is -0.386. The molecule has 1 aromatic heterocycles. The number of rotatable bonds is 7. The number of benzene rings is 3. The van der Waals surface area contributed by atoms with E-state index in [-0.39, 0.29) is 17.3 Å². The second-order valence-electron chi connectivity index (χ2n) is 7.89. The fourth-order valence-electron chi connectivity index (χ4n) is 3.97. The summed E-state index contributed by atoms with van der Waals surface area (Å²) in [7, 11) is 0. The van der Waals surface area contributed by atoms with Crippen molar-refractivity contribution in [3.05, 3.63) is 113 Å². The molecule has 0 atom stereocenters. The Balaban J connectivity index is 1.61. The van der Waals surface area contributed by atoms with Crippen LogP contribution in [0.25, 0.3) is 17.0 Å². The molecule has 0 fully saturated rings. The zero-order valence-corrected chi connectivity index (χ0v) is 18.4. The van der Waals surface area contributed by atoms with Crippen molar-refractivity contribution >= 4 is 22.9 Å². The highest BCUT2D eigenvalue weighted by molar-refractivity contribution is 6.04. The van der Waals surface area contributed by atoms with Crippen LogP contribution < -0.4 is 5.32 Å². The Kier molecular flexibility index (Phi) is 6.66. The average molecular weight is 438 g/mol. The summed E-state index contributed by atoms with van der Waals surface area (Å²) in [4.78, 5) is 12.7. The summed E-state index contributed by atoms with van der Waals surface area (Å²) >= 11 is 0. The van der Waals surface area contributed by atoms with Gasteiger partial charge in [-0.3, -0.25) is 4.79 Å². The molecule has 4 rings (SSSR count). The number of para-hydroxylation sites is 1. The maximum Gasteiger partial charge on any atom is 0.261 e. The van der Waals surface area contributed by atoms with Crippen molar-refractivity contribution < 1.29 is 9.18 Å². The first kappa shape index (κ1) is 22.0. The van der Waals surface area contributed by atoms with Gasteiger partial charge < -0.3 is 9.88 Å². The fourth-order valence-corrected chi connectivity index (χ4v) is 3.97. The van der Waals surface area contributed by atoms with Crippen LogP contribution in [0.5, 0.6) is 0 Å². The van der Waals surface area contributed by atoms with Crippen LogP contribution in [0.3, 0.4) is 0 Å². The molecule has 4 aromatic rings. The van der Waals surface area contributed by atoms with Crippen LogP contribution in [0.1, 0.15) is 22.4 Å². The van der Waals surface area contributed by atoms with Crippen molar-refractivity contribution in [2.75, 3.05) is 6.54 Å². The number of fused-ring (bicyclic) bond motifs is 1. The molecule has 1 heterocycles. The topological polar surface area (TPSA) is 57.8 Å². The van der Waals surface area contributed by atoms with Crippen LogP contribution in [0.4, 0.5) is 4.39 Å². The van der Waals surface area contributed by atoms with E-state index in [1.165, 1.54) is 12.1 Å². The van der Waals surface area contributed by atoms with Crippen LogP contribution in [0, 0.1) is 24.1 Å². The summed E-state index contributed by atoms with van der Waals surface area (Å²) in [5.74, 6) is -0.656. The first-order valence-electron chi connectivity index (χ1n) is 10.8. The van der Waals surface area contributed by atoms with Crippen molar-refractivity contribution in [3.8, 4) is 6.07 Å². The number of nitrogens with one attached hydrogen (secondary N) is 1. The van der Waals surface area contributed by atoms with Gasteiger partial charge in [-0.1, -0.05) is 60.7 Å². The molecule has 0 unspecified atom stereocenters. The number of amides is 1. The monoisotopic (exact) mass is 437 g/mol. The Bertz CT molecular complexity index is 1350. The predicted molar refractivity (Wildman–Crippen MR) is 129 cm³/mol. The van der Waals surface area contributed by atoms with Crippen molar-refractivity contribution in [3.63, 3.8) is 0 Å². The lowest BCUT2D eigenvalue weighted by atomic mass is 10.1. The maximum absolute atomic E-state index is 13.3. The Hall–Kier alpha value is -4.17. The first-order valence-corrected chi connectivity index (χ1v) is 10.8. The molecule has 0 aliphatic heterocycles. The van der Waals surface area contributed by atoms with Gasteiger partial charge in [0.2, 0.25) is 0 Å². The molecule has 1 N–H and O–H groups in total. The number of nitriles is 1. The second-order valence-corrected chi connectivity index (χ2v) is 7.89. The summed E-state index contributed by atoms with van der Waals surface area (Å²) in [5.41, 5.74) is 4.92. The molecule has 0 spiro atoms. The van der Waals surface area contributed by atoms with Gasteiger partial charge in [-0.25, -0.2) is 4.39 Å². The molecule has 0 saturated heterocycles. The van der Waals surface area contributed by atoms with Crippen molar-refractivity contribution in [2.24, 2.45) is 0 Å². The van der Waals surface area contributed by atoms with E-state index in [1.807, 2.05) is 61.5 Å². The third-order valence-electron chi connectivity index (χ3n) is 5.73. The number of hydrogen-bond acceptors (Lipinski definition) is 2. The molecule has 33 heavy (non-hydrogen) atoms. The van der Waals surface area contributed by atoms with Crippen LogP contribution in [0.15, 0.2) is 84.4 Å². The third kappa shape index (κ3) is 5.02. The Morgan fingerprint density at radius 3 is 2.42 bits per heavy atom. The largest absolute Gasteiger partial charge is 0.351 e. The first-order chi connectivity index (χ1) is 16.1. The quantitative estimate of drug-likeness (QED) is 0.311. The van der Waals surface area contributed by atoms with Crippen molar-refractivity contribution in [1.29, 1.82) is 5.26 Å². The van der Waals surface area contributed by atoms with E-state index in [0.29, 0.717) is 19.5 Å². The van der Waals surface area contributed by atoms with E-state index in [9.17, 15) is 14.4 Å². The number of halogens is 1. The summed E-state index contributed by atoms with van der Waals surface area (Å²) in [6.07, 6.45) is 2.36. The van der Waals surface area contributed by atoms with Crippen LogP contribution >= 0.6 is 0 Å². The van der Waals surface area contributed by atoms with Gasteiger partial charge in [-0.2, -0.15) is 5.26 Å². The molecule has 1 amide bonds. The zero-order valence-electron chi connectivity index (χ0n) is 18.4. The van der Waals surface area contributed by atoms with E-state index >= 15 is 0 Å². The molecular weight excluding hydrogens is 413 g/mol. The van der Waals surface area contributed by atoms with Gasteiger partial charge in [0.05, 0.1) is 0 Å². The molecule has 0 aliphatic rings. The summed E-state index contributed by atoms with van der Waals surface area (Å²) in [6.45, 7) is 2.98. The third-order valence-corrected chi connectivity index (χ3v) is 5.73. The number of aromatic nitrogens is 1. The Labute approximate surface area is 192 Å².